The van der Waals surface area contributed by atoms with E-state index in [1.165, 1.54) is 7.11 Å². The first-order valence-corrected chi connectivity index (χ1v) is 10.5. The first-order chi connectivity index (χ1) is 15.0. The molecule has 1 unspecified atom stereocenters. The molecule has 0 spiro atoms. The first-order valence-electron chi connectivity index (χ1n) is 10.5. The third-order valence-corrected chi connectivity index (χ3v) is 5.54. The molecule has 1 fully saturated rings. The molecule has 1 saturated heterocycles. The Bertz CT molecular complexity index is 848. The van der Waals surface area contributed by atoms with Gasteiger partial charge in [-0.25, -0.2) is 4.79 Å². The fraction of sp³-hybridized carbons (Fsp3) is 0.417. The van der Waals surface area contributed by atoms with Crippen LogP contribution in [0.2, 0.25) is 0 Å². The fourth-order valence-corrected chi connectivity index (χ4v) is 3.62. The minimum absolute atomic E-state index is 0.0555. The van der Waals surface area contributed by atoms with Crippen LogP contribution in [0.25, 0.3) is 0 Å². The summed E-state index contributed by atoms with van der Waals surface area (Å²) in [6.07, 6.45) is 1.19. The topological polar surface area (TPSA) is 85.9 Å². The molecule has 0 bridgehead atoms. The molecule has 2 aromatic carbocycles. The van der Waals surface area contributed by atoms with Gasteiger partial charge in [0.05, 0.1) is 18.7 Å². The molecule has 7 heteroatoms. The maximum atomic E-state index is 13.2. The number of nitrogens with one attached hydrogen (secondary N) is 2. The van der Waals surface area contributed by atoms with Crippen molar-refractivity contribution in [1.29, 1.82) is 0 Å². The van der Waals surface area contributed by atoms with Gasteiger partial charge in [-0.05, 0) is 49.6 Å². The van der Waals surface area contributed by atoms with Crippen LogP contribution < -0.4 is 15.4 Å². The van der Waals surface area contributed by atoms with Crippen LogP contribution >= 0.6 is 0 Å². The lowest BCUT2D eigenvalue weighted by atomic mass is 9.88. The summed E-state index contributed by atoms with van der Waals surface area (Å²) >= 11 is 0. The van der Waals surface area contributed by atoms with E-state index in [1.807, 2.05) is 49.4 Å². The molecule has 1 aliphatic rings. The maximum Gasteiger partial charge on any atom is 0.337 e. The van der Waals surface area contributed by atoms with E-state index in [0.717, 1.165) is 11.3 Å². The second-order valence-corrected chi connectivity index (χ2v) is 7.59. The van der Waals surface area contributed by atoms with E-state index >= 15 is 0 Å². The molecule has 0 aliphatic carbocycles. The Kier molecular flexibility index (Phi) is 8.03. The van der Waals surface area contributed by atoms with Crippen LogP contribution in [0.4, 0.5) is 0 Å². The summed E-state index contributed by atoms with van der Waals surface area (Å²) in [5, 5.41) is 6.53. The van der Waals surface area contributed by atoms with Gasteiger partial charge in [-0.2, -0.15) is 0 Å². The predicted octanol–water partition coefficient (Wildman–Crippen LogP) is 2.87. The van der Waals surface area contributed by atoms with E-state index in [-0.39, 0.29) is 17.9 Å². The molecule has 7 nitrogen and oxygen atoms in total. The van der Waals surface area contributed by atoms with Crippen LogP contribution in [-0.4, -0.2) is 50.9 Å². The van der Waals surface area contributed by atoms with Gasteiger partial charge in [-0.15, -0.1) is 0 Å². The highest BCUT2D eigenvalue weighted by atomic mass is 16.5. The van der Waals surface area contributed by atoms with Crippen molar-refractivity contribution in [2.45, 2.75) is 31.3 Å². The normalized spacial score (nSPS) is 16.2. The van der Waals surface area contributed by atoms with Crippen LogP contribution in [0.3, 0.4) is 0 Å². The van der Waals surface area contributed by atoms with Crippen LogP contribution in [0, 0.1) is 0 Å². The molecular weight excluding hydrogens is 396 g/mol. The molecule has 2 N–H and O–H groups in total. The molecule has 1 atom stereocenters. The van der Waals surface area contributed by atoms with Crippen molar-refractivity contribution in [2.75, 3.05) is 33.5 Å². The van der Waals surface area contributed by atoms with Crippen molar-refractivity contribution in [3.05, 3.63) is 65.7 Å². The number of ether oxygens (including phenoxy) is 3. The maximum absolute atomic E-state index is 13.2. The minimum atomic E-state index is -0.696. The molecular formula is C24H30N2O5. The van der Waals surface area contributed by atoms with Crippen molar-refractivity contribution in [2.24, 2.45) is 0 Å². The average molecular weight is 427 g/mol. The van der Waals surface area contributed by atoms with Gasteiger partial charge in [0.2, 0.25) is 5.91 Å². The number of methoxy groups -OCH3 is 1. The van der Waals surface area contributed by atoms with E-state index in [2.05, 4.69) is 10.6 Å². The van der Waals surface area contributed by atoms with Crippen LogP contribution in [0.1, 0.15) is 41.7 Å². The molecule has 1 amide bonds. The predicted molar refractivity (Wildman–Crippen MR) is 117 cm³/mol. The summed E-state index contributed by atoms with van der Waals surface area (Å²) in [7, 11) is 1.35. The number of hydrogen-bond acceptors (Lipinski definition) is 6. The van der Waals surface area contributed by atoms with Gasteiger partial charge in [0.15, 0.2) is 0 Å². The fourth-order valence-electron chi connectivity index (χ4n) is 3.62. The molecule has 0 saturated carbocycles. The number of para-hydroxylation sites is 1. The lowest BCUT2D eigenvalue weighted by Crippen LogP contribution is -2.60. The van der Waals surface area contributed by atoms with E-state index in [0.29, 0.717) is 44.8 Å². The smallest absolute Gasteiger partial charge is 0.337 e. The van der Waals surface area contributed by atoms with Crippen molar-refractivity contribution in [3.63, 3.8) is 0 Å². The van der Waals surface area contributed by atoms with Gasteiger partial charge in [0, 0.05) is 19.8 Å². The SMILES string of the molecule is COC(=O)c1ccc(C(C)NC(=O)C2(NCCOc3ccccc3)CCOCC2)cc1. The van der Waals surface area contributed by atoms with Gasteiger partial charge in [-0.1, -0.05) is 30.3 Å². The Hall–Kier alpha value is -2.90. The Morgan fingerprint density at radius 3 is 2.39 bits per heavy atom. The minimum Gasteiger partial charge on any atom is -0.492 e. The number of carbonyl (C=O) groups is 2. The van der Waals surface area contributed by atoms with E-state index in [4.69, 9.17) is 14.2 Å². The number of benzene rings is 2. The highest BCUT2D eigenvalue weighted by molar-refractivity contribution is 5.89. The van der Waals surface area contributed by atoms with Crippen molar-refractivity contribution >= 4 is 11.9 Å². The monoisotopic (exact) mass is 426 g/mol. The Morgan fingerprint density at radius 1 is 1.06 bits per heavy atom. The van der Waals surface area contributed by atoms with Crippen LogP contribution in [0.15, 0.2) is 54.6 Å². The summed E-state index contributed by atoms with van der Waals surface area (Å²) in [6.45, 7) is 4.00. The molecule has 166 valence electrons. The van der Waals surface area contributed by atoms with Crippen molar-refractivity contribution in [3.8, 4) is 5.75 Å². The summed E-state index contributed by atoms with van der Waals surface area (Å²) in [5.74, 6) is 0.366. The molecule has 1 aliphatic heterocycles. The zero-order valence-corrected chi connectivity index (χ0v) is 18.1. The molecule has 0 aromatic heterocycles. The number of amides is 1. The highest BCUT2D eigenvalue weighted by Crippen LogP contribution is 2.23. The zero-order chi connectivity index (χ0) is 22.1. The quantitative estimate of drug-likeness (QED) is 0.474. The van der Waals surface area contributed by atoms with E-state index in [1.54, 1.807) is 12.1 Å². The molecule has 2 aromatic rings. The van der Waals surface area contributed by atoms with Crippen LogP contribution in [-0.2, 0) is 14.3 Å². The summed E-state index contributed by atoms with van der Waals surface area (Å²) < 4.78 is 16.0. The third-order valence-electron chi connectivity index (χ3n) is 5.54. The number of rotatable bonds is 9. The van der Waals surface area contributed by atoms with E-state index in [9.17, 15) is 9.59 Å². The second-order valence-electron chi connectivity index (χ2n) is 7.59. The molecule has 3 rings (SSSR count). The first kappa shape index (κ1) is 22.8. The Labute approximate surface area is 183 Å². The second kappa shape index (κ2) is 10.9. The van der Waals surface area contributed by atoms with Crippen molar-refractivity contribution < 1.29 is 23.8 Å². The van der Waals surface area contributed by atoms with Crippen LogP contribution in [0.5, 0.6) is 5.75 Å². The van der Waals surface area contributed by atoms with Gasteiger partial charge < -0.3 is 19.5 Å². The van der Waals surface area contributed by atoms with Gasteiger partial charge in [0.25, 0.3) is 0 Å². The summed E-state index contributed by atoms with van der Waals surface area (Å²) in [6, 6.07) is 16.5. The van der Waals surface area contributed by atoms with E-state index < -0.39 is 5.54 Å². The van der Waals surface area contributed by atoms with Crippen molar-refractivity contribution in [1.82, 2.24) is 10.6 Å². The number of esters is 1. The lowest BCUT2D eigenvalue weighted by molar-refractivity contribution is -0.132. The number of hydrogen-bond donors (Lipinski definition) is 2. The van der Waals surface area contributed by atoms with Gasteiger partial charge in [0.1, 0.15) is 17.9 Å². The zero-order valence-electron chi connectivity index (χ0n) is 18.1. The standard InChI is InChI=1S/C24H30N2O5/c1-18(19-8-10-20(11-9-19)22(27)29-2)26-23(28)24(12-15-30-16-13-24)25-14-17-31-21-6-4-3-5-7-21/h3-11,18,25H,12-17H2,1-2H3,(H,26,28). The highest BCUT2D eigenvalue weighted by Gasteiger charge is 2.40. The lowest BCUT2D eigenvalue weighted by Gasteiger charge is -2.37. The Morgan fingerprint density at radius 2 is 1.74 bits per heavy atom. The number of carbonyl (C=O) groups excluding carboxylic acids is 2. The van der Waals surface area contributed by atoms with Gasteiger partial charge >= 0.3 is 5.97 Å². The summed E-state index contributed by atoms with van der Waals surface area (Å²) in [4.78, 5) is 24.9. The third kappa shape index (κ3) is 6.06. The molecule has 31 heavy (non-hydrogen) atoms. The molecule has 1 heterocycles. The molecule has 0 radical (unpaired) electrons. The Balaban J connectivity index is 1.58. The summed E-state index contributed by atoms with van der Waals surface area (Å²) in [5.41, 5.74) is 0.694. The van der Waals surface area contributed by atoms with Gasteiger partial charge in [-0.3, -0.25) is 10.1 Å². The largest absolute Gasteiger partial charge is 0.492 e. The average Bonchev–Trinajstić information content (AvgIpc) is 2.82.